The van der Waals surface area contributed by atoms with Crippen LogP contribution in [0.1, 0.15) is 30.7 Å². The molecule has 2 aromatic rings. The van der Waals surface area contributed by atoms with E-state index in [1.807, 2.05) is 19.9 Å². The third kappa shape index (κ3) is 3.50. The summed E-state index contributed by atoms with van der Waals surface area (Å²) in [6, 6.07) is 6.96. The second kappa shape index (κ2) is 6.91. The number of nitriles is 1. The first kappa shape index (κ1) is 17.8. The lowest BCUT2D eigenvalue weighted by molar-refractivity contribution is 0.244. The smallest absolute Gasteiger partial charge is 0.491 e. The Kier molecular flexibility index (Phi) is 5.12. The fourth-order valence-corrected chi connectivity index (χ4v) is 2.57. The molecule has 0 aliphatic rings. The summed E-state index contributed by atoms with van der Waals surface area (Å²) in [5, 5.41) is 28.7. The molecule has 6 nitrogen and oxygen atoms in total. The Balaban J connectivity index is 2.89. The quantitative estimate of drug-likeness (QED) is 0.727. The van der Waals surface area contributed by atoms with Crippen LogP contribution in [0, 0.1) is 25.2 Å². The Morgan fingerprint density at radius 1 is 1.21 bits per heavy atom. The molecule has 0 aliphatic heterocycles. The van der Waals surface area contributed by atoms with Crippen LogP contribution in [-0.2, 0) is 0 Å². The molecule has 0 fully saturated rings. The van der Waals surface area contributed by atoms with Gasteiger partial charge in [-0.15, -0.1) is 0 Å². The molecule has 0 radical (unpaired) electrons. The molecule has 2 rings (SSSR count). The van der Waals surface area contributed by atoms with Crippen LogP contribution in [0.5, 0.6) is 5.75 Å². The Bertz CT molecular complexity index is 866. The van der Waals surface area contributed by atoms with Gasteiger partial charge >= 0.3 is 7.12 Å². The summed E-state index contributed by atoms with van der Waals surface area (Å²) >= 11 is 0. The van der Waals surface area contributed by atoms with Crippen molar-refractivity contribution >= 4 is 12.6 Å². The summed E-state index contributed by atoms with van der Waals surface area (Å²) in [7, 11) is -1.73. The molecule has 0 spiro atoms. The third-order valence-corrected chi connectivity index (χ3v) is 3.46. The molecule has 0 bridgehead atoms. The summed E-state index contributed by atoms with van der Waals surface area (Å²) in [6.45, 7) is 7.13. The number of pyridine rings is 1. The number of H-pyrrole nitrogens is 1. The molecule has 0 unspecified atom stereocenters. The van der Waals surface area contributed by atoms with Crippen LogP contribution in [0.2, 0.25) is 0 Å². The van der Waals surface area contributed by atoms with E-state index in [2.05, 4.69) is 4.98 Å². The maximum Gasteiger partial charge on any atom is 0.492 e. The van der Waals surface area contributed by atoms with Crippen LogP contribution < -0.4 is 15.8 Å². The maximum atomic E-state index is 12.1. The number of hydrogen-bond acceptors (Lipinski definition) is 5. The summed E-state index contributed by atoms with van der Waals surface area (Å²) < 4.78 is 5.78. The van der Waals surface area contributed by atoms with Crippen molar-refractivity contribution in [1.82, 2.24) is 4.98 Å². The summed E-state index contributed by atoms with van der Waals surface area (Å²) in [6.07, 6.45) is -0.224. The first-order valence-electron chi connectivity index (χ1n) is 7.56. The van der Waals surface area contributed by atoms with Crippen molar-refractivity contribution in [3.63, 3.8) is 0 Å². The van der Waals surface area contributed by atoms with Gasteiger partial charge in [-0.05, 0) is 39.8 Å². The van der Waals surface area contributed by atoms with Gasteiger partial charge in [0.2, 0.25) is 0 Å². The average Bonchev–Trinajstić information content (AvgIpc) is 2.47. The molecule has 0 amide bonds. The zero-order valence-corrected chi connectivity index (χ0v) is 14.0. The normalized spacial score (nSPS) is 10.6. The number of aromatic amines is 1. The van der Waals surface area contributed by atoms with E-state index in [1.165, 1.54) is 0 Å². The topological polar surface area (TPSA) is 106 Å². The highest BCUT2D eigenvalue weighted by Gasteiger charge is 2.24. The van der Waals surface area contributed by atoms with E-state index in [-0.39, 0.29) is 22.9 Å². The number of nitrogens with one attached hydrogen (secondary N) is 1. The SMILES string of the molecule is Cc1cc(B(O)O)c(OC(C)C)c(-c2cc(C)[nH]c(=O)c2C#N)c1. The predicted molar refractivity (Wildman–Crippen MR) is 92.3 cm³/mol. The van der Waals surface area contributed by atoms with Gasteiger partial charge in [-0.1, -0.05) is 11.6 Å². The van der Waals surface area contributed by atoms with Crippen molar-refractivity contribution in [2.45, 2.75) is 33.8 Å². The van der Waals surface area contributed by atoms with Crippen LogP contribution in [0.3, 0.4) is 0 Å². The molecular formula is C17H19BN2O4. The Hall–Kier alpha value is -2.56. The fraction of sp³-hybridized carbons (Fsp3) is 0.294. The Morgan fingerprint density at radius 3 is 2.42 bits per heavy atom. The van der Waals surface area contributed by atoms with Crippen LogP contribution in [0.15, 0.2) is 23.0 Å². The number of rotatable bonds is 4. The van der Waals surface area contributed by atoms with Gasteiger partial charge in [-0.25, -0.2) is 0 Å². The largest absolute Gasteiger partial charge is 0.492 e. The molecule has 0 saturated heterocycles. The predicted octanol–water partition coefficient (Wildman–Crippen LogP) is 0.997. The van der Waals surface area contributed by atoms with Crippen molar-refractivity contribution in [2.24, 2.45) is 0 Å². The van der Waals surface area contributed by atoms with Crippen molar-refractivity contribution in [1.29, 1.82) is 5.26 Å². The highest BCUT2D eigenvalue weighted by molar-refractivity contribution is 6.60. The molecule has 1 aromatic carbocycles. The number of ether oxygens (including phenoxy) is 1. The molecule has 3 N–H and O–H groups in total. The first-order chi connectivity index (χ1) is 11.2. The molecule has 1 aromatic heterocycles. The van der Waals surface area contributed by atoms with E-state index < -0.39 is 12.7 Å². The molecule has 0 atom stereocenters. The third-order valence-electron chi connectivity index (χ3n) is 3.46. The zero-order valence-electron chi connectivity index (χ0n) is 14.0. The number of hydrogen-bond donors (Lipinski definition) is 3. The minimum absolute atomic E-state index is 0.0433. The van der Waals surface area contributed by atoms with Crippen molar-refractivity contribution in [3.8, 4) is 22.9 Å². The lowest BCUT2D eigenvalue weighted by Crippen LogP contribution is -2.33. The summed E-state index contributed by atoms with van der Waals surface area (Å²) in [5.41, 5.74) is 1.90. The molecule has 1 heterocycles. The van der Waals surface area contributed by atoms with Crippen molar-refractivity contribution < 1.29 is 14.8 Å². The number of aromatic nitrogens is 1. The van der Waals surface area contributed by atoms with Gasteiger partial charge < -0.3 is 19.8 Å². The molecule has 124 valence electrons. The number of nitrogens with zero attached hydrogens (tertiary/aromatic N) is 1. The van der Waals surface area contributed by atoms with Gasteiger partial charge in [0.05, 0.1) is 6.10 Å². The van der Waals surface area contributed by atoms with Crippen molar-refractivity contribution in [3.05, 3.63) is 45.4 Å². The van der Waals surface area contributed by atoms with Crippen LogP contribution in [-0.4, -0.2) is 28.3 Å². The van der Waals surface area contributed by atoms with E-state index in [0.717, 1.165) is 5.56 Å². The molecule has 7 heteroatoms. The van der Waals surface area contributed by atoms with Crippen LogP contribution >= 0.6 is 0 Å². The number of benzene rings is 1. The van der Waals surface area contributed by atoms with E-state index in [9.17, 15) is 20.1 Å². The summed E-state index contributed by atoms with van der Waals surface area (Å²) in [5.74, 6) is 0.257. The van der Waals surface area contributed by atoms with Crippen LogP contribution in [0.4, 0.5) is 0 Å². The van der Waals surface area contributed by atoms with E-state index in [0.29, 0.717) is 16.8 Å². The van der Waals surface area contributed by atoms with Crippen molar-refractivity contribution in [2.75, 3.05) is 0 Å². The average molecular weight is 326 g/mol. The highest BCUT2D eigenvalue weighted by Crippen LogP contribution is 2.32. The molecular weight excluding hydrogens is 307 g/mol. The molecule has 0 saturated carbocycles. The van der Waals surface area contributed by atoms with E-state index in [4.69, 9.17) is 4.74 Å². The lowest BCUT2D eigenvalue weighted by atomic mass is 9.76. The van der Waals surface area contributed by atoms with E-state index in [1.54, 1.807) is 32.0 Å². The Labute approximate surface area is 140 Å². The monoisotopic (exact) mass is 326 g/mol. The van der Waals surface area contributed by atoms with Crippen LogP contribution in [0.25, 0.3) is 11.1 Å². The van der Waals surface area contributed by atoms with Gasteiger partial charge in [-0.2, -0.15) is 5.26 Å². The van der Waals surface area contributed by atoms with Gasteiger partial charge in [-0.3, -0.25) is 4.79 Å². The minimum Gasteiger partial charge on any atom is -0.491 e. The first-order valence-corrected chi connectivity index (χ1v) is 7.56. The standard InChI is InChI=1S/C17H19BN2O4/c1-9(2)24-16-13(5-10(3)6-15(16)18(22)23)12-7-11(4)20-17(21)14(12)8-19/h5-7,9,22-23H,1-4H3,(H,20,21). The minimum atomic E-state index is -1.73. The maximum absolute atomic E-state index is 12.1. The summed E-state index contributed by atoms with van der Waals surface area (Å²) in [4.78, 5) is 14.7. The number of aryl methyl sites for hydroxylation is 2. The molecule has 24 heavy (non-hydrogen) atoms. The van der Waals surface area contributed by atoms with Gasteiger partial charge in [0.25, 0.3) is 5.56 Å². The highest BCUT2D eigenvalue weighted by atomic mass is 16.5. The fourth-order valence-electron chi connectivity index (χ4n) is 2.57. The second-order valence-electron chi connectivity index (χ2n) is 5.95. The lowest BCUT2D eigenvalue weighted by Gasteiger charge is -2.20. The van der Waals surface area contributed by atoms with E-state index >= 15 is 0 Å². The van der Waals surface area contributed by atoms with Gasteiger partial charge in [0.1, 0.15) is 17.4 Å². The second-order valence-corrected chi connectivity index (χ2v) is 5.95. The molecule has 0 aliphatic carbocycles. The zero-order chi connectivity index (χ0) is 18.0. The van der Waals surface area contributed by atoms with Gasteiger partial charge in [0, 0.05) is 22.3 Å². The Morgan fingerprint density at radius 2 is 1.88 bits per heavy atom. The van der Waals surface area contributed by atoms with Gasteiger partial charge in [0.15, 0.2) is 0 Å².